The van der Waals surface area contributed by atoms with Gasteiger partial charge in [0.05, 0.1) is 11.4 Å². The van der Waals surface area contributed by atoms with Crippen LogP contribution in [0.3, 0.4) is 0 Å². The Bertz CT molecular complexity index is 376. The summed E-state index contributed by atoms with van der Waals surface area (Å²) in [5, 5.41) is 3.99. The number of thiocarbonyl (C=S) groups is 1. The van der Waals surface area contributed by atoms with Crippen molar-refractivity contribution in [2.75, 3.05) is 13.1 Å². The van der Waals surface area contributed by atoms with Gasteiger partial charge in [-0.05, 0) is 29.3 Å². The van der Waals surface area contributed by atoms with E-state index in [9.17, 15) is 4.79 Å². The Balaban J connectivity index is 2.55. The summed E-state index contributed by atoms with van der Waals surface area (Å²) in [6.07, 6.45) is 0.460. The molecule has 94 valence electrons. The first kappa shape index (κ1) is 14.1. The molecule has 1 rings (SSSR count). The number of likely N-dealkylation sites (N-methyl/N-ethyl adjacent to an activating group) is 1. The molecule has 3 nitrogen and oxygen atoms in total. The molecule has 1 aromatic heterocycles. The van der Waals surface area contributed by atoms with Gasteiger partial charge in [0.25, 0.3) is 0 Å². The molecule has 0 saturated heterocycles. The molecular formula is C12H18N2OS2. The van der Waals surface area contributed by atoms with Crippen LogP contribution < -0.4 is 5.73 Å². The molecule has 2 N–H and O–H groups in total. The number of carbonyl (C=O) groups is 1. The van der Waals surface area contributed by atoms with Gasteiger partial charge in [-0.25, -0.2) is 0 Å². The predicted octanol–water partition coefficient (Wildman–Crippen LogP) is 2.06. The average Bonchev–Trinajstić information content (AvgIpc) is 2.77. The highest BCUT2D eigenvalue weighted by atomic mass is 32.1. The van der Waals surface area contributed by atoms with Gasteiger partial charge in [0.1, 0.15) is 0 Å². The number of amides is 1. The molecule has 1 atom stereocenters. The van der Waals surface area contributed by atoms with Crippen molar-refractivity contribution < 1.29 is 4.79 Å². The lowest BCUT2D eigenvalue weighted by molar-refractivity contribution is -0.130. The number of hydrogen-bond acceptors (Lipinski definition) is 3. The second-order valence-corrected chi connectivity index (χ2v) is 5.30. The number of hydrogen-bond donors (Lipinski definition) is 1. The summed E-state index contributed by atoms with van der Waals surface area (Å²) in [6.45, 7) is 5.21. The highest BCUT2D eigenvalue weighted by Gasteiger charge is 2.16. The number of nitrogens with two attached hydrogens (primary N) is 1. The SMILES string of the molecule is CCN(CC(C)C(N)=S)C(=O)Cc1ccsc1. The first-order valence-corrected chi connectivity index (χ1v) is 6.97. The number of nitrogens with zero attached hydrogens (tertiary/aromatic N) is 1. The van der Waals surface area contributed by atoms with Crippen molar-refractivity contribution in [3.05, 3.63) is 22.4 Å². The maximum absolute atomic E-state index is 12.0. The molecule has 1 unspecified atom stereocenters. The Labute approximate surface area is 112 Å². The van der Waals surface area contributed by atoms with Gasteiger partial charge < -0.3 is 10.6 Å². The summed E-state index contributed by atoms with van der Waals surface area (Å²) in [6, 6.07) is 1.98. The van der Waals surface area contributed by atoms with Crippen LogP contribution in [-0.4, -0.2) is 28.9 Å². The van der Waals surface area contributed by atoms with Crippen LogP contribution in [0.25, 0.3) is 0 Å². The number of thiophene rings is 1. The summed E-state index contributed by atoms with van der Waals surface area (Å²) >= 11 is 6.54. The third kappa shape index (κ3) is 4.44. The molecule has 0 aliphatic heterocycles. The molecule has 1 amide bonds. The zero-order valence-corrected chi connectivity index (χ0v) is 11.8. The third-order valence-corrected chi connectivity index (χ3v) is 3.78. The van der Waals surface area contributed by atoms with E-state index in [4.69, 9.17) is 18.0 Å². The lowest BCUT2D eigenvalue weighted by Gasteiger charge is -2.24. The molecule has 0 aliphatic rings. The molecular weight excluding hydrogens is 252 g/mol. The fourth-order valence-corrected chi connectivity index (χ4v) is 2.25. The van der Waals surface area contributed by atoms with E-state index in [1.807, 2.05) is 35.6 Å². The maximum atomic E-state index is 12.0. The third-order valence-electron chi connectivity index (χ3n) is 2.65. The summed E-state index contributed by atoms with van der Waals surface area (Å²) in [7, 11) is 0. The lowest BCUT2D eigenvalue weighted by Crippen LogP contribution is -2.38. The molecule has 17 heavy (non-hydrogen) atoms. The zero-order valence-electron chi connectivity index (χ0n) is 10.2. The topological polar surface area (TPSA) is 46.3 Å². The van der Waals surface area contributed by atoms with Crippen LogP contribution in [0, 0.1) is 5.92 Å². The molecule has 0 fully saturated rings. The summed E-state index contributed by atoms with van der Waals surface area (Å²) in [5.74, 6) is 0.199. The van der Waals surface area contributed by atoms with Crippen molar-refractivity contribution in [2.45, 2.75) is 20.3 Å². The van der Waals surface area contributed by atoms with Gasteiger partial charge in [-0.3, -0.25) is 4.79 Å². The Kier molecular flexibility index (Phi) is 5.58. The monoisotopic (exact) mass is 270 g/mol. The molecule has 0 radical (unpaired) electrons. The minimum Gasteiger partial charge on any atom is -0.393 e. The van der Waals surface area contributed by atoms with E-state index in [-0.39, 0.29) is 11.8 Å². The van der Waals surface area contributed by atoms with Crippen LogP contribution in [0.5, 0.6) is 0 Å². The highest BCUT2D eigenvalue weighted by Crippen LogP contribution is 2.09. The second-order valence-electron chi connectivity index (χ2n) is 4.04. The molecule has 0 saturated carbocycles. The summed E-state index contributed by atoms with van der Waals surface area (Å²) in [5.41, 5.74) is 6.64. The second kappa shape index (κ2) is 6.71. The lowest BCUT2D eigenvalue weighted by atomic mass is 10.1. The molecule has 0 bridgehead atoms. The fraction of sp³-hybridized carbons (Fsp3) is 0.500. The van der Waals surface area contributed by atoms with Gasteiger partial charge in [0.15, 0.2) is 0 Å². The number of carbonyl (C=O) groups excluding carboxylic acids is 1. The van der Waals surface area contributed by atoms with Gasteiger partial charge in [0, 0.05) is 19.0 Å². The van der Waals surface area contributed by atoms with Gasteiger partial charge in [0.2, 0.25) is 5.91 Å². The van der Waals surface area contributed by atoms with Gasteiger partial charge in [-0.15, -0.1) is 0 Å². The van der Waals surface area contributed by atoms with E-state index in [2.05, 4.69) is 0 Å². The van der Waals surface area contributed by atoms with Crippen molar-refractivity contribution in [3.63, 3.8) is 0 Å². The standard InChI is InChI=1S/C12H18N2OS2/c1-3-14(7-9(2)12(13)16)11(15)6-10-4-5-17-8-10/h4-5,8-9H,3,6-7H2,1-2H3,(H2,13,16). The van der Waals surface area contributed by atoms with E-state index < -0.39 is 0 Å². The predicted molar refractivity (Wildman–Crippen MR) is 76.2 cm³/mol. The minimum atomic E-state index is 0.0661. The van der Waals surface area contributed by atoms with Gasteiger partial charge in [-0.1, -0.05) is 19.1 Å². The molecule has 0 aliphatic carbocycles. The van der Waals surface area contributed by atoms with Crippen molar-refractivity contribution in [1.82, 2.24) is 4.90 Å². The smallest absolute Gasteiger partial charge is 0.227 e. The van der Waals surface area contributed by atoms with Gasteiger partial charge >= 0.3 is 0 Å². The van der Waals surface area contributed by atoms with Crippen LogP contribution in [0.2, 0.25) is 0 Å². The van der Waals surface area contributed by atoms with Crippen LogP contribution in [0.15, 0.2) is 16.8 Å². The van der Waals surface area contributed by atoms with E-state index >= 15 is 0 Å². The largest absolute Gasteiger partial charge is 0.393 e. The van der Waals surface area contributed by atoms with Crippen molar-refractivity contribution in [1.29, 1.82) is 0 Å². The van der Waals surface area contributed by atoms with Crippen LogP contribution in [0.4, 0.5) is 0 Å². The summed E-state index contributed by atoms with van der Waals surface area (Å²) < 4.78 is 0. The Hall–Kier alpha value is -0.940. The molecule has 0 aromatic carbocycles. The average molecular weight is 270 g/mol. The van der Waals surface area contributed by atoms with E-state index in [1.54, 1.807) is 11.3 Å². The first-order chi connectivity index (χ1) is 8.04. The molecule has 5 heteroatoms. The molecule has 1 heterocycles. The van der Waals surface area contributed by atoms with Crippen LogP contribution >= 0.6 is 23.6 Å². The van der Waals surface area contributed by atoms with E-state index in [0.29, 0.717) is 24.5 Å². The molecule has 0 spiro atoms. The van der Waals surface area contributed by atoms with Gasteiger partial charge in [-0.2, -0.15) is 11.3 Å². The van der Waals surface area contributed by atoms with Crippen molar-refractivity contribution in [3.8, 4) is 0 Å². The maximum Gasteiger partial charge on any atom is 0.227 e. The van der Waals surface area contributed by atoms with Crippen molar-refractivity contribution in [2.24, 2.45) is 11.7 Å². The fourth-order valence-electron chi connectivity index (χ4n) is 1.51. The normalized spacial score (nSPS) is 12.1. The Morgan fingerprint density at radius 2 is 2.35 bits per heavy atom. The zero-order chi connectivity index (χ0) is 12.8. The van der Waals surface area contributed by atoms with Crippen molar-refractivity contribution >= 4 is 34.5 Å². The molecule has 1 aromatic rings. The van der Waals surface area contributed by atoms with Crippen LogP contribution in [0.1, 0.15) is 19.4 Å². The van der Waals surface area contributed by atoms with Crippen LogP contribution in [-0.2, 0) is 11.2 Å². The minimum absolute atomic E-state index is 0.0661. The highest BCUT2D eigenvalue weighted by molar-refractivity contribution is 7.80. The summed E-state index contributed by atoms with van der Waals surface area (Å²) in [4.78, 5) is 14.3. The van der Waals surface area contributed by atoms with E-state index in [1.165, 1.54) is 0 Å². The quantitative estimate of drug-likeness (QED) is 0.805. The number of rotatable bonds is 6. The van der Waals surface area contributed by atoms with E-state index in [0.717, 1.165) is 5.56 Å². The Morgan fingerprint density at radius 1 is 1.65 bits per heavy atom. The Morgan fingerprint density at radius 3 is 2.82 bits per heavy atom. The first-order valence-electron chi connectivity index (χ1n) is 5.62.